The third kappa shape index (κ3) is 4.64. The van der Waals surface area contributed by atoms with Crippen LogP contribution in [0.15, 0.2) is 4.52 Å². The molecule has 1 heterocycles. The normalized spacial score (nSPS) is 12.4. The third-order valence-corrected chi connectivity index (χ3v) is 2.95. The molecule has 1 unspecified atom stereocenters. The van der Waals surface area contributed by atoms with E-state index >= 15 is 0 Å². The molecule has 0 aliphatic carbocycles. The Morgan fingerprint density at radius 3 is 2.50 bits per heavy atom. The lowest BCUT2D eigenvalue weighted by Gasteiger charge is -2.18. The molecule has 1 amide bonds. The van der Waals surface area contributed by atoms with Gasteiger partial charge in [0.05, 0.1) is 5.92 Å². The second-order valence-electron chi connectivity index (χ2n) is 5.21. The quantitative estimate of drug-likeness (QED) is 0.810. The topological polar surface area (TPSA) is 96.5 Å². The maximum absolute atomic E-state index is 11.9. The summed E-state index contributed by atoms with van der Waals surface area (Å²) in [6.45, 7) is 5.68. The zero-order chi connectivity index (χ0) is 15.3. The zero-order valence-electron chi connectivity index (χ0n) is 12.3. The molecule has 0 fully saturated rings. The number of amides is 1. The van der Waals surface area contributed by atoms with Crippen molar-refractivity contribution >= 4 is 11.9 Å². The lowest BCUT2D eigenvalue weighted by atomic mass is 10.1. The van der Waals surface area contributed by atoms with Crippen LogP contribution in [0.25, 0.3) is 0 Å². The Labute approximate surface area is 118 Å². The molecule has 1 aromatic heterocycles. The fraction of sp³-hybridized carbons (Fsp3) is 0.692. The Balaban J connectivity index is 2.43. The van der Waals surface area contributed by atoms with Crippen molar-refractivity contribution < 1.29 is 19.2 Å². The fourth-order valence-corrected chi connectivity index (χ4v) is 1.60. The van der Waals surface area contributed by atoms with Gasteiger partial charge in [-0.25, -0.2) is 0 Å². The summed E-state index contributed by atoms with van der Waals surface area (Å²) in [4.78, 5) is 28.2. The van der Waals surface area contributed by atoms with Crippen LogP contribution in [0.2, 0.25) is 0 Å². The molecule has 20 heavy (non-hydrogen) atoms. The van der Waals surface area contributed by atoms with Crippen LogP contribution in [0, 0.1) is 5.92 Å². The number of carboxylic acid groups (broad SMARTS) is 1. The first-order chi connectivity index (χ1) is 9.31. The van der Waals surface area contributed by atoms with Crippen LogP contribution in [-0.4, -0.2) is 45.6 Å². The first-order valence-corrected chi connectivity index (χ1v) is 6.60. The number of carboxylic acids is 1. The number of nitrogens with zero attached hydrogens (tertiary/aromatic N) is 3. The van der Waals surface area contributed by atoms with E-state index in [-0.39, 0.29) is 24.8 Å². The summed E-state index contributed by atoms with van der Waals surface area (Å²) >= 11 is 0. The number of aliphatic carboxylic acids is 1. The molecular weight excluding hydrogens is 262 g/mol. The van der Waals surface area contributed by atoms with Gasteiger partial charge in [-0.15, -0.1) is 0 Å². The van der Waals surface area contributed by atoms with Crippen molar-refractivity contribution in [1.82, 2.24) is 15.0 Å². The number of carbonyl (C=O) groups excluding carboxylic acids is 1. The van der Waals surface area contributed by atoms with Gasteiger partial charge in [0.15, 0.2) is 5.82 Å². The molecule has 0 saturated carbocycles. The summed E-state index contributed by atoms with van der Waals surface area (Å²) in [5.74, 6) is -0.394. The van der Waals surface area contributed by atoms with E-state index in [2.05, 4.69) is 10.1 Å². The van der Waals surface area contributed by atoms with E-state index in [1.165, 1.54) is 4.90 Å². The molecule has 7 nitrogen and oxygen atoms in total. The smallest absolute Gasteiger partial charge is 0.308 e. The van der Waals surface area contributed by atoms with Crippen molar-refractivity contribution in [2.75, 3.05) is 13.6 Å². The van der Waals surface area contributed by atoms with E-state index in [1.807, 2.05) is 13.8 Å². The monoisotopic (exact) mass is 283 g/mol. The highest BCUT2D eigenvalue weighted by atomic mass is 16.5. The van der Waals surface area contributed by atoms with Gasteiger partial charge < -0.3 is 14.5 Å². The second kappa shape index (κ2) is 7.02. The molecule has 0 aliphatic rings. The molecule has 0 radical (unpaired) electrons. The number of hydrogen-bond acceptors (Lipinski definition) is 5. The number of hydrogen-bond donors (Lipinski definition) is 1. The van der Waals surface area contributed by atoms with Crippen molar-refractivity contribution in [1.29, 1.82) is 0 Å². The molecule has 0 spiro atoms. The molecule has 0 saturated heterocycles. The molecule has 1 N–H and O–H groups in total. The SMILES string of the molecule is CC(CN(C)C(=O)CCc1nc(C(C)C)no1)C(=O)O. The summed E-state index contributed by atoms with van der Waals surface area (Å²) < 4.78 is 5.05. The number of carbonyl (C=O) groups is 2. The van der Waals surface area contributed by atoms with Gasteiger partial charge in [0.1, 0.15) is 0 Å². The van der Waals surface area contributed by atoms with Gasteiger partial charge in [0, 0.05) is 32.4 Å². The number of rotatable bonds is 7. The van der Waals surface area contributed by atoms with Crippen molar-refractivity contribution in [3.8, 4) is 0 Å². The Morgan fingerprint density at radius 2 is 2.00 bits per heavy atom. The van der Waals surface area contributed by atoms with E-state index in [9.17, 15) is 9.59 Å². The first-order valence-electron chi connectivity index (χ1n) is 6.60. The Kier molecular flexibility index (Phi) is 5.66. The van der Waals surface area contributed by atoms with E-state index in [1.54, 1.807) is 14.0 Å². The van der Waals surface area contributed by atoms with Gasteiger partial charge in [-0.3, -0.25) is 9.59 Å². The van der Waals surface area contributed by atoms with Gasteiger partial charge in [-0.1, -0.05) is 25.9 Å². The summed E-state index contributed by atoms with van der Waals surface area (Å²) in [7, 11) is 1.59. The molecular formula is C13H21N3O4. The van der Waals surface area contributed by atoms with Crippen molar-refractivity contribution in [2.45, 2.75) is 39.5 Å². The van der Waals surface area contributed by atoms with Crippen LogP contribution >= 0.6 is 0 Å². The summed E-state index contributed by atoms with van der Waals surface area (Å²) in [6, 6.07) is 0. The third-order valence-electron chi connectivity index (χ3n) is 2.95. The minimum Gasteiger partial charge on any atom is -0.481 e. The highest BCUT2D eigenvalue weighted by Crippen LogP contribution is 2.11. The van der Waals surface area contributed by atoms with Crippen molar-refractivity contribution in [3.05, 3.63) is 11.7 Å². The molecule has 112 valence electrons. The molecule has 0 aliphatic heterocycles. The van der Waals surface area contributed by atoms with Crippen LogP contribution in [0.1, 0.15) is 44.8 Å². The van der Waals surface area contributed by atoms with Crippen LogP contribution in [-0.2, 0) is 16.0 Å². The molecule has 1 rings (SSSR count). The largest absolute Gasteiger partial charge is 0.481 e. The zero-order valence-corrected chi connectivity index (χ0v) is 12.3. The van der Waals surface area contributed by atoms with Crippen molar-refractivity contribution in [3.63, 3.8) is 0 Å². The molecule has 0 bridgehead atoms. The van der Waals surface area contributed by atoms with Crippen LogP contribution in [0.5, 0.6) is 0 Å². The fourth-order valence-electron chi connectivity index (χ4n) is 1.60. The van der Waals surface area contributed by atoms with Gasteiger partial charge in [-0.05, 0) is 0 Å². The second-order valence-corrected chi connectivity index (χ2v) is 5.21. The average molecular weight is 283 g/mol. The van der Waals surface area contributed by atoms with E-state index in [0.29, 0.717) is 18.1 Å². The lowest BCUT2D eigenvalue weighted by molar-refractivity contribution is -0.142. The number of aryl methyl sites for hydroxylation is 1. The van der Waals surface area contributed by atoms with Gasteiger partial charge in [0.2, 0.25) is 11.8 Å². The summed E-state index contributed by atoms with van der Waals surface area (Å²) in [5, 5.41) is 12.6. The predicted octanol–water partition coefficient (Wildman–Crippen LogP) is 1.30. The molecule has 0 aromatic carbocycles. The molecule has 7 heteroatoms. The highest BCUT2D eigenvalue weighted by molar-refractivity contribution is 5.77. The Morgan fingerprint density at radius 1 is 1.35 bits per heavy atom. The first kappa shape index (κ1) is 16.1. The van der Waals surface area contributed by atoms with E-state index in [4.69, 9.17) is 9.63 Å². The summed E-state index contributed by atoms with van der Waals surface area (Å²) in [6.07, 6.45) is 0.590. The van der Waals surface area contributed by atoms with Crippen LogP contribution < -0.4 is 0 Å². The van der Waals surface area contributed by atoms with Crippen LogP contribution in [0.4, 0.5) is 0 Å². The number of aromatic nitrogens is 2. The Bertz CT molecular complexity index is 470. The maximum atomic E-state index is 11.9. The molecule has 1 aromatic rings. The summed E-state index contributed by atoms with van der Waals surface area (Å²) in [5.41, 5.74) is 0. The predicted molar refractivity (Wildman–Crippen MR) is 71.1 cm³/mol. The van der Waals surface area contributed by atoms with Gasteiger partial charge in [-0.2, -0.15) is 4.98 Å². The minimum atomic E-state index is -0.914. The van der Waals surface area contributed by atoms with E-state index < -0.39 is 11.9 Å². The van der Waals surface area contributed by atoms with Crippen molar-refractivity contribution in [2.24, 2.45) is 5.92 Å². The van der Waals surface area contributed by atoms with Gasteiger partial charge in [0.25, 0.3) is 0 Å². The highest BCUT2D eigenvalue weighted by Gasteiger charge is 2.18. The Hall–Kier alpha value is -1.92. The van der Waals surface area contributed by atoms with Crippen LogP contribution in [0.3, 0.4) is 0 Å². The van der Waals surface area contributed by atoms with E-state index in [0.717, 1.165) is 0 Å². The van der Waals surface area contributed by atoms with Gasteiger partial charge >= 0.3 is 5.97 Å². The lowest BCUT2D eigenvalue weighted by Crippen LogP contribution is -2.33. The maximum Gasteiger partial charge on any atom is 0.308 e. The molecule has 1 atom stereocenters. The average Bonchev–Trinajstić information content (AvgIpc) is 2.84. The standard InChI is InChI=1S/C13H21N3O4/c1-8(2)12-14-10(20-15-12)5-6-11(17)16(4)7-9(3)13(18)19/h8-9H,5-7H2,1-4H3,(H,18,19). The minimum absolute atomic E-state index is 0.137.